The number of para-hydroxylation sites is 2. The minimum absolute atomic E-state index is 0.0954. The summed E-state index contributed by atoms with van der Waals surface area (Å²) in [6.45, 7) is 6.23. The van der Waals surface area contributed by atoms with Gasteiger partial charge in [0.25, 0.3) is 0 Å². The van der Waals surface area contributed by atoms with E-state index in [1.807, 2.05) is 24.3 Å². The van der Waals surface area contributed by atoms with E-state index >= 15 is 0 Å². The van der Waals surface area contributed by atoms with Crippen LogP contribution in [0.1, 0.15) is 13.3 Å². The molecule has 1 aromatic rings. The number of amidine groups is 1. The second-order valence-electron chi connectivity index (χ2n) is 4.69. The van der Waals surface area contributed by atoms with E-state index in [9.17, 15) is 0 Å². The third kappa shape index (κ3) is 2.08. The molecule has 0 radical (unpaired) electrons. The van der Waals surface area contributed by atoms with Crippen molar-refractivity contribution in [1.82, 2.24) is 10.2 Å². The van der Waals surface area contributed by atoms with Gasteiger partial charge in [-0.3, -0.25) is 0 Å². The van der Waals surface area contributed by atoms with Crippen LogP contribution in [0.15, 0.2) is 29.3 Å². The Kier molecular flexibility index (Phi) is 3.19. The SMILES string of the molecule is CCC1Oc2ccccc2N=C1N1CCNCC1. The molecule has 3 rings (SSSR count). The first-order valence-corrected chi connectivity index (χ1v) is 6.68. The number of piperazine rings is 1. The molecular formula is C14H19N3O. The number of hydrogen-bond acceptors (Lipinski definition) is 4. The molecule has 0 aliphatic carbocycles. The Hall–Kier alpha value is -1.55. The molecule has 18 heavy (non-hydrogen) atoms. The zero-order valence-corrected chi connectivity index (χ0v) is 10.7. The first kappa shape index (κ1) is 11.5. The summed E-state index contributed by atoms with van der Waals surface area (Å²) < 4.78 is 6.05. The molecule has 2 heterocycles. The van der Waals surface area contributed by atoms with Gasteiger partial charge in [-0.15, -0.1) is 0 Å². The number of rotatable bonds is 1. The van der Waals surface area contributed by atoms with Gasteiger partial charge in [-0.1, -0.05) is 19.1 Å². The highest BCUT2D eigenvalue weighted by Gasteiger charge is 2.27. The van der Waals surface area contributed by atoms with Crippen molar-refractivity contribution in [3.63, 3.8) is 0 Å². The van der Waals surface area contributed by atoms with Crippen molar-refractivity contribution < 1.29 is 4.74 Å². The molecule has 1 saturated heterocycles. The van der Waals surface area contributed by atoms with E-state index in [1.54, 1.807) is 0 Å². The molecule has 0 aromatic heterocycles. The van der Waals surface area contributed by atoms with Gasteiger partial charge in [0.1, 0.15) is 17.3 Å². The van der Waals surface area contributed by atoms with Gasteiger partial charge in [0.05, 0.1) is 0 Å². The molecule has 4 heteroatoms. The molecule has 96 valence electrons. The average Bonchev–Trinajstić information content (AvgIpc) is 2.46. The van der Waals surface area contributed by atoms with Crippen LogP contribution >= 0.6 is 0 Å². The van der Waals surface area contributed by atoms with Crippen LogP contribution in [0.2, 0.25) is 0 Å². The highest BCUT2D eigenvalue weighted by Crippen LogP contribution is 2.33. The fourth-order valence-corrected chi connectivity index (χ4v) is 2.48. The summed E-state index contributed by atoms with van der Waals surface area (Å²) in [7, 11) is 0. The van der Waals surface area contributed by atoms with Crippen molar-refractivity contribution >= 4 is 11.5 Å². The summed E-state index contributed by atoms with van der Waals surface area (Å²) >= 11 is 0. The summed E-state index contributed by atoms with van der Waals surface area (Å²) in [5.41, 5.74) is 0.954. The van der Waals surface area contributed by atoms with E-state index in [-0.39, 0.29) is 6.10 Å². The molecule has 0 spiro atoms. The summed E-state index contributed by atoms with van der Waals surface area (Å²) in [4.78, 5) is 7.16. The summed E-state index contributed by atoms with van der Waals surface area (Å²) in [6, 6.07) is 8.02. The lowest BCUT2D eigenvalue weighted by atomic mass is 10.1. The molecule has 0 amide bonds. The summed E-state index contributed by atoms with van der Waals surface area (Å²) in [6.07, 6.45) is 1.05. The van der Waals surface area contributed by atoms with Gasteiger partial charge >= 0.3 is 0 Å². The molecular weight excluding hydrogens is 226 g/mol. The van der Waals surface area contributed by atoms with E-state index in [4.69, 9.17) is 9.73 Å². The number of ether oxygens (including phenoxy) is 1. The van der Waals surface area contributed by atoms with Gasteiger partial charge in [0.2, 0.25) is 0 Å². The second kappa shape index (κ2) is 4.98. The van der Waals surface area contributed by atoms with Crippen molar-refractivity contribution in [2.24, 2.45) is 4.99 Å². The number of benzene rings is 1. The van der Waals surface area contributed by atoms with Crippen LogP contribution in [0.3, 0.4) is 0 Å². The van der Waals surface area contributed by atoms with Gasteiger partial charge in [-0.25, -0.2) is 4.99 Å². The standard InChI is InChI=1S/C14H19N3O/c1-2-12-14(17-9-7-15-8-10-17)16-11-5-3-4-6-13(11)18-12/h3-6,12,15H,2,7-10H2,1H3. The third-order valence-electron chi connectivity index (χ3n) is 3.47. The molecule has 0 bridgehead atoms. The Labute approximate surface area is 108 Å². The van der Waals surface area contributed by atoms with Gasteiger partial charge in [0, 0.05) is 26.2 Å². The second-order valence-corrected chi connectivity index (χ2v) is 4.69. The van der Waals surface area contributed by atoms with Crippen molar-refractivity contribution in [3.8, 4) is 5.75 Å². The lowest BCUT2D eigenvalue weighted by molar-refractivity contribution is 0.226. The maximum absolute atomic E-state index is 6.05. The molecule has 1 N–H and O–H groups in total. The van der Waals surface area contributed by atoms with Gasteiger partial charge in [-0.2, -0.15) is 0 Å². The average molecular weight is 245 g/mol. The van der Waals surface area contributed by atoms with Crippen LogP contribution < -0.4 is 10.1 Å². The Morgan fingerprint density at radius 1 is 1.33 bits per heavy atom. The fraction of sp³-hybridized carbons (Fsp3) is 0.500. The zero-order valence-electron chi connectivity index (χ0n) is 10.7. The van der Waals surface area contributed by atoms with Crippen LogP contribution in [0.25, 0.3) is 0 Å². The van der Waals surface area contributed by atoms with E-state index < -0.39 is 0 Å². The van der Waals surface area contributed by atoms with Crippen molar-refractivity contribution in [3.05, 3.63) is 24.3 Å². The van der Waals surface area contributed by atoms with Crippen LogP contribution in [0, 0.1) is 0 Å². The lowest BCUT2D eigenvalue weighted by Crippen LogP contribution is -2.51. The highest BCUT2D eigenvalue weighted by atomic mass is 16.5. The zero-order chi connectivity index (χ0) is 12.4. The minimum Gasteiger partial charge on any atom is -0.480 e. The van der Waals surface area contributed by atoms with Gasteiger partial charge in [-0.05, 0) is 18.6 Å². The van der Waals surface area contributed by atoms with Crippen molar-refractivity contribution in [2.75, 3.05) is 26.2 Å². The van der Waals surface area contributed by atoms with E-state index in [2.05, 4.69) is 17.1 Å². The predicted molar refractivity (Wildman–Crippen MR) is 72.7 cm³/mol. The van der Waals surface area contributed by atoms with E-state index in [1.165, 1.54) is 0 Å². The summed E-state index contributed by atoms with van der Waals surface area (Å²) in [5.74, 6) is 2.00. The molecule has 4 nitrogen and oxygen atoms in total. The molecule has 1 atom stereocenters. The van der Waals surface area contributed by atoms with Crippen molar-refractivity contribution in [1.29, 1.82) is 0 Å². The number of hydrogen-bond donors (Lipinski definition) is 1. The molecule has 1 aromatic carbocycles. The maximum atomic E-state index is 6.05. The predicted octanol–water partition coefficient (Wildman–Crippen LogP) is 1.79. The Bertz CT molecular complexity index is 452. The number of aliphatic imine (C=N–C) groups is 1. The number of fused-ring (bicyclic) bond motifs is 1. The maximum Gasteiger partial charge on any atom is 0.156 e. The van der Waals surface area contributed by atoms with E-state index in [0.717, 1.165) is 49.9 Å². The monoisotopic (exact) mass is 245 g/mol. The van der Waals surface area contributed by atoms with Crippen LogP contribution in [-0.2, 0) is 0 Å². The smallest absolute Gasteiger partial charge is 0.156 e. The molecule has 2 aliphatic rings. The minimum atomic E-state index is 0.0954. The molecule has 1 unspecified atom stereocenters. The van der Waals surface area contributed by atoms with Crippen LogP contribution in [-0.4, -0.2) is 43.0 Å². The number of nitrogens with one attached hydrogen (secondary N) is 1. The topological polar surface area (TPSA) is 36.9 Å². The quantitative estimate of drug-likeness (QED) is 0.819. The largest absolute Gasteiger partial charge is 0.480 e. The lowest BCUT2D eigenvalue weighted by Gasteiger charge is -2.36. The highest BCUT2D eigenvalue weighted by molar-refractivity contribution is 5.91. The van der Waals surface area contributed by atoms with Crippen LogP contribution in [0.5, 0.6) is 5.75 Å². The summed E-state index contributed by atoms with van der Waals surface area (Å²) in [5, 5.41) is 3.37. The Balaban J connectivity index is 1.92. The third-order valence-corrected chi connectivity index (χ3v) is 3.47. The van der Waals surface area contributed by atoms with Crippen LogP contribution in [0.4, 0.5) is 5.69 Å². The molecule has 2 aliphatic heterocycles. The fourth-order valence-electron chi connectivity index (χ4n) is 2.48. The first-order chi connectivity index (χ1) is 8.88. The van der Waals surface area contributed by atoms with Gasteiger partial charge < -0.3 is 15.0 Å². The number of nitrogens with zero attached hydrogens (tertiary/aromatic N) is 2. The Morgan fingerprint density at radius 3 is 2.89 bits per heavy atom. The molecule has 1 fully saturated rings. The first-order valence-electron chi connectivity index (χ1n) is 6.68. The van der Waals surface area contributed by atoms with Crippen molar-refractivity contribution in [2.45, 2.75) is 19.4 Å². The van der Waals surface area contributed by atoms with Gasteiger partial charge in [0.15, 0.2) is 6.10 Å². The normalized spacial score (nSPS) is 23.1. The molecule has 0 saturated carbocycles. The Morgan fingerprint density at radius 2 is 2.11 bits per heavy atom. The van der Waals surface area contributed by atoms with E-state index in [0.29, 0.717) is 0 Å².